The lowest BCUT2D eigenvalue weighted by molar-refractivity contribution is 0.0425. The van der Waals surface area contributed by atoms with Crippen LogP contribution in [0.4, 0.5) is 0 Å². The highest BCUT2D eigenvalue weighted by Crippen LogP contribution is 2.23. The second-order valence-corrected chi connectivity index (χ2v) is 6.60. The average Bonchev–Trinajstić information content (AvgIpc) is 2.67. The lowest BCUT2D eigenvalue weighted by Gasteiger charge is -2.17. The Hall–Kier alpha value is -0.680. The van der Waals surface area contributed by atoms with E-state index in [0.717, 1.165) is 28.1 Å². The van der Waals surface area contributed by atoms with E-state index in [1.165, 1.54) is 11.3 Å². The molecule has 1 aromatic heterocycles. The number of allylic oxidation sites excluding steroid dienone is 2. The van der Waals surface area contributed by atoms with Gasteiger partial charge in [-0.1, -0.05) is 12.2 Å². The van der Waals surface area contributed by atoms with Crippen LogP contribution in [0, 0.1) is 12.8 Å². The summed E-state index contributed by atoms with van der Waals surface area (Å²) in [6, 6.07) is 0. The number of carbonyl (C=O) groups is 1. The van der Waals surface area contributed by atoms with Crippen LogP contribution in [-0.2, 0) is 4.74 Å². The molecule has 0 amide bonds. The Morgan fingerprint density at radius 3 is 3.06 bits per heavy atom. The summed E-state index contributed by atoms with van der Waals surface area (Å²) in [7, 11) is 0. The average molecular weight is 316 g/mol. The van der Waals surface area contributed by atoms with Gasteiger partial charge in [-0.2, -0.15) is 0 Å². The van der Waals surface area contributed by atoms with Crippen LogP contribution in [0.2, 0.25) is 0 Å². The van der Waals surface area contributed by atoms with Crippen molar-refractivity contribution in [3.05, 3.63) is 26.6 Å². The maximum absolute atomic E-state index is 11.8. The first-order valence-corrected chi connectivity index (χ1v) is 7.23. The zero-order valence-electron chi connectivity index (χ0n) is 9.61. The first kappa shape index (κ1) is 12.8. The lowest BCUT2D eigenvalue weighted by Crippen LogP contribution is -2.16. The Balaban J connectivity index is 1.89. The van der Waals surface area contributed by atoms with E-state index in [1.807, 2.05) is 6.92 Å². The quantitative estimate of drug-likeness (QED) is 0.630. The number of halogens is 1. The number of hydrogen-bond acceptors (Lipinski definition) is 4. The summed E-state index contributed by atoms with van der Waals surface area (Å²) in [5, 5.41) is 0. The van der Waals surface area contributed by atoms with Gasteiger partial charge in [0.25, 0.3) is 0 Å². The van der Waals surface area contributed by atoms with Crippen molar-refractivity contribution in [1.29, 1.82) is 0 Å². The molecule has 17 heavy (non-hydrogen) atoms. The van der Waals surface area contributed by atoms with Crippen molar-refractivity contribution in [3.8, 4) is 0 Å². The Bertz CT molecular complexity index is 442. The van der Waals surface area contributed by atoms with E-state index >= 15 is 0 Å². The summed E-state index contributed by atoms with van der Waals surface area (Å²) in [5.41, 5.74) is 0.438. The molecule has 2 rings (SSSR count). The van der Waals surface area contributed by atoms with E-state index < -0.39 is 0 Å². The summed E-state index contributed by atoms with van der Waals surface area (Å²) in [5.74, 6) is 0.158. The van der Waals surface area contributed by atoms with Crippen LogP contribution >= 0.6 is 27.3 Å². The number of aromatic nitrogens is 1. The van der Waals surface area contributed by atoms with Gasteiger partial charge in [-0.3, -0.25) is 0 Å². The summed E-state index contributed by atoms with van der Waals surface area (Å²) in [6.07, 6.45) is 7.53. The highest BCUT2D eigenvalue weighted by molar-refractivity contribution is 9.11. The van der Waals surface area contributed by atoms with Gasteiger partial charge in [0.05, 0.1) is 6.61 Å². The predicted molar refractivity (Wildman–Crippen MR) is 71.3 cm³/mol. The monoisotopic (exact) mass is 315 g/mol. The maximum atomic E-state index is 11.8. The Morgan fingerprint density at radius 2 is 2.47 bits per heavy atom. The van der Waals surface area contributed by atoms with Crippen LogP contribution in [0.3, 0.4) is 0 Å². The van der Waals surface area contributed by atoms with Crippen molar-refractivity contribution in [1.82, 2.24) is 4.98 Å². The molecule has 0 bridgehead atoms. The Kier molecular flexibility index (Phi) is 4.34. The Morgan fingerprint density at radius 1 is 1.65 bits per heavy atom. The minimum atomic E-state index is -0.306. The topological polar surface area (TPSA) is 39.2 Å². The zero-order chi connectivity index (χ0) is 12.3. The zero-order valence-corrected chi connectivity index (χ0v) is 12.0. The first-order chi connectivity index (χ1) is 8.16. The van der Waals surface area contributed by atoms with E-state index in [0.29, 0.717) is 18.2 Å². The van der Waals surface area contributed by atoms with E-state index in [4.69, 9.17) is 4.74 Å². The second kappa shape index (κ2) is 5.78. The van der Waals surface area contributed by atoms with Crippen molar-refractivity contribution in [2.75, 3.05) is 6.61 Å². The molecule has 1 aliphatic carbocycles. The van der Waals surface area contributed by atoms with Crippen molar-refractivity contribution in [2.24, 2.45) is 5.92 Å². The maximum Gasteiger partial charge on any atom is 0.358 e. The molecule has 0 saturated heterocycles. The number of thiazole rings is 1. The number of carbonyl (C=O) groups excluding carboxylic acids is 1. The van der Waals surface area contributed by atoms with Crippen LogP contribution in [0.15, 0.2) is 16.1 Å². The molecule has 0 radical (unpaired) electrons. The molecule has 0 saturated carbocycles. The van der Waals surface area contributed by atoms with Crippen LogP contribution in [-0.4, -0.2) is 17.6 Å². The second-order valence-electron chi connectivity index (χ2n) is 4.12. The molecule has 92 valence electrons. The Labute approximate surface area is 113 Å². The smallest absolute Gasteiger partial charge is 0.358 e. The van der Waals surface area contributed by atoms with Gasteiger partial charge in [-0.15, -0.1) is 11.3 Å². The molecule has 1 unspecified atom stereocenters. The molecular weight excluding hydrogens is 302 g/mol. The van der Waals surface area contributed by atoms with Gasteiger partial charge in [0, 0.05) is 4.88 Å². The normalized spacial score (nSPS) is 19.3. The third kappa shape index (κ3) is 3.39. The predicted octanol–water partition coefficient (Wildman–Crippen LogP) is 3.73. The van der Waals surface area contributed by atoms with Gasteiger partial charge in [0.15, 0.2) is 9.61 Å². The summed E-state index contributed by atoms with van der Waals surface area (Å²) < 4.78 is 6.04. The van der Waals surface area contributed by atoms with Gasteiger partial charge >= 0.3 is 5.97 Å². The van der Waals surface area contributed by atoms with Crippen molar-refractivity contribution in [2.45, 2.75) is 26.2 Å². The minimum Gasteiger partial charge on any atom is -0.461 e. The largest absolute Gasteiger partial charge is 0.461 e. The van der Waals surface area contributed by atoms with Gasteiger partial charge < -0.3 is 4.74 Å². The summed E-state index contributed by atoms with van der Waals surface area (Å²) >= 11 is 4.72. The van der Waals surface area contributed by atoms with Gasteiger partial charge in [0.1, 0.15) is 0 Å². The van der Waals surface area contributed by atoms with Crippen LogP contribution in [0.5, 0.6) is 0 Å². The number of ether oxygens (including phenoxy) is 1. The highest BCUT2D eigenvalue weighted by atomic mass is 79.9. The minimum absolute atomic E-state index is 0.306. The summed E-state index contributed by atoms with van der Waals surface area (Å²) in [4.78, 5) is 16.8. The SMILES string of the molecule is Cc1sc(Br)nc1C(=O)OCC1CC=CCC1. The number of nitrogens with zero attached hydrogens (tertiary/aromatic N) is 1. The highest BCUT2D eigenvalue weighted by Gasteiger charge is 2.18. The van der Waals surface area contributed by atoms with Crippen molar-refractivity contribution in [3.63, 3.8) is 0 Å². The molecule has 0 fully saturated rings. The van der Waals surface area contributed by atoms with Crippen LogP contribution < -0.4 is 0 Å². The number of rotatable bonds is 3. The third-order valence-corrected chi connectivity index (χ3v) is 4.21. The van der Waals surface area contributed by atoms with Gasteiger partial charge in [-0.05, 0) is 48.0 Å². The van der Waals surface area contributed by atoms with Crippen LogP contribution in [0.1, 0.15) is 34.6 Å². The fourth-order valence-electron chi connectivity index (χ4n) is 1.82. The molecule has 0 aliphatic heterocycles. The van der Waals surface area contributed by atoms with E-state index in [1.54, 1.807) is 0 Å². The molecule has 0 aromatic carbocycles. The molecule has 1 heterocycles. The number of esters is 1. The first-order valence-electron chi connectivity index (χ1n) is 5.62. The lowest BCUT2D eigenvalue weighted by atomic mass is 9.95. The number of aryl methyl sites for hydroxylation is 1. The third-order valence-electron chi connectivity index (χ3n) is 2.79. The van der Waals surface area contributed by atoms with E-state index in [2.05, 4.69) is 33.1 Å². The van der Waals surface area contributed by atoms with E-state index in [9.17, 15) is 4.79 Å². The van der Waals surface area contributed by atoms with Gasteiger partial charge in [0.2, 0.25) is 0 Å². The summed E-state index contributed by atoms with van der Waals surface area (Å²) in [6.45, 7) is 2.38. The molecule has 0 spiro atoms. The molecule has 1 aliphatic rings. The van der Waals surface area contributed by atoms with Crippen molar-refractivity contribution >= 4 is 33.2 Å². The molecule has 5 heteroatoms. The molecule has 1 aromatic rings. The molecular formula is C12H14BrNO2S. The fourth-order valence-corrected chi connectivity index (χ4v) is 3.34. The fraction of sp³-hybridized carbons (Fsp3) is 0.500. The van der Waals surface area contributed by atoms with E-state index in [-0.39, 0.29) is 5.97 Å². The standard InChI is InChI=1S/C12H14BrNO2S/c1-8-10(14-12(13)17-8)11(15)16-7-9-5-3-2-4-6-9/h2-3,9H,4-7H2,1H3. The van der Waals surface area contributed by atoms with Gasteiger partial charge in [-0.25, -0.2) is 9.78 Å². The molecule has 3 nitrogen and oxygen atoms in total. The molecule has 1 atom stereocenters. The van der Waals surface area contributed by atoms with Crippen molar-refractivity contribution < 1.29 is 9.53 Å². The van der Waals surface area contributed by atoms with Crippen LogP contribution in [0.25, 0.3) is 0 Å². The molecule has 0 N–H and O–H groups in total. The number of hydrogen-bond donors (Lipinski definition) is 0.